The second kappa shape index (κ2) is 5.87. The highest BCUT2D eigenvalue weighted by Gasteiger charge is 2.31. The second-order valence-electron chi connectivity index (χ2n) is 5.43. The van der Waals surface area contributed by atoms with Crippen LogP contribution < -0.4 is 0 Å². The Kier molecular flexibility index (Phi) is 4.40. The van der Waals surface area contributed by atoms with Gasteiger partial charge in [-0.3, -0.25) is 9.00 Å². The maximum atomic E-state index is 12.5. The lowest BCUT2D eigenvalue weighted by atomic mass is 10.0. The first-order chi connectivity index (χ1) is 9.00. The second-order valence-corrected chi connectivity index (χ2v) is 6.81. The van der Waals surface area contributed by atoms with Gasteiger partial charge in [-0.05, 0) is 43.0 Å². The largest absolute Gasteiger partial charge is 0.335 e. The Labute approximate surface area is 117 Å². The van der Waals surface area contributed by atoms with Crippen LogP contribution in [0.4, 0.5) is 0 Å². The molecule has 0 aliphatic carbocycles. The average Bonchev–Trinajstić information content (AvgIpc) is 2.87. The lowest BCUT2D eigenvalue weighted by molar-refractivity contribution is 0.0701. The zero-order valence-electron chi connectivity index (χ0n) is 11.8. The van der Waals surface area contributed by atoms with E-state index in [-0.39, 0.29) is 5.91 Å². The van der Waals surface area contributed by atoms with Crippen LogP contribution in [-0.4, -0.2) is 33.9 Å². The zero-order chi connectivity index (χ0) is 14.0. The monoisotopic (exact) mass is 279 g/mol. The summed E-state index contributed by atoms with van der Waals surface area (Å²) in [4.78, 5) is 15.2. The molecule has 1 heterocycles. The van der Waals surface area contributed by atoms with Crippen LogP contribution in [0.1, 0.15) is 37.0 Å². The van der Waals surface area contributed by atoms with Crippen molar-refractivity contribution in [2.75, 3.05) is 12.8 Å². The molecule has 1 aromatic carbocycles. The van der Waals surface area contributed by atoms with Gasteiger partial charge in [-0.25, -0.2) is 0 Å². The van der Waals surface area contributed by atoms with Gasteiger partial charge in [0.1, 0.15) is 0 Å². The van der Waals surface area contributed by atoms with Crippen LogP contribution in [0.3, 0.4) is 0 Å². The summed E-state index contributed by atoms with van der Waals surface area (Å²) in [6, 6.07) is 7.49. The highest BCUT2D eigenvalue weighted by molar-refractivity contribution is 7.84. The summed E-state index contributed by atoms with van der Waals surface area (Å²) in [5, 5.41) is 0. The van der Waals surface area contributed by atoms with Crippen LogP contribution in [0, 0.1) is 5.92 Å². The summed E-state index contributed by atoms with van der Waals surface area (Å²) < 4.78 is 11.3. The molecule has 4 heteroatoms. The first-order valence-electron chi connectivity index (χ1n) is 6.75. The first-order valence-corrected chi connectivity index (χ1v) is 8.31. The van der Waals surface area contributed by atoms with E-state index in [1.807, 2.05) is 4.90 Å². The molecule has 1 aromatic rings. The van der Waals surface area contributed by atoms with Gasteiger partial charge in [-0.15, -0.1) is 0 Å². The fourth-order valence-corrected chi connectivity index (χ4v) is 3.21. The normalized spacial score (nSPS) is 20.8. The van der Waals surface area contributed by atoms with Crippen molar-refractivity contribution < 1.29 is 9.00 Å². The molecule has 104 valence electrons. The summed E-state index contributed by atoms with van der Waals surface area (Å²) in [5.74, 6) is 0.596. The molecule has 0 unspecified atom stereocenters. The van der Waals surface area contributed by atoms with Crippen LogP contribution in [0.2, 0.25) is 0 Å². The summed E-state index contributed by atoms with van der Waals surface area (Å²) in [6.45, 7) is 5.18. The third-order valence-electron chi connectivity index (χ3n) is 3.76. The van der Waals surface area contributed by atoms with Gasteiger partial charge in [0.15, 0.2) is 0 Å². The molecule has 1 aliphatic heterocycles. The summed E-state index contributed by atoms with van der Waals surface area (Å²) in [5.41, 5.74) is 0.696. The van der Waals surface area contributed by atoms with Crippen molar-refractivity contribution in [1.82, 2.24) is 4.90 Å². The number of amides is 1. The van der Waals surface area contributed by atoms with E-state index in [9.17, 15) is 9.00 Å². The van der Waals surface area contributed by atoms with Crippen LogP contribution >= 0.6 is 0 Å². The molecule has 1 amide bonds. The number of hydrogen-bond donors (Lipinski definition) is 0. The molecular weight excluding hydrogens is 258 g/mol. The van der Waals surface area contributed by atoms with Crippen molar-refractivity contribution in [3.8, 4) is 0 Å². The fraction of sp³-hybridized carbons (Fsp3) is 0.533. The molecule has 19 heavy (non-hydrogen) atoms. The van der Waals surface area contributed by atoms with E-state index >= 15 is 0 Å². The molecule has 0 aromatic heterocycles. The van der Waals surface area contributed by atoms with Gasteiger partial charge in [-0.1, -0.05) is 13.8 Å². The predicted molar refractivity (Wildman–Crippen MR) is 77.7 cm³/mol. The van der Waals surface area contributed by atoms with E-state index in [1.54, 1.807) is 30.5 Å². The molecule has 1 aliphatic rings. The maximum absolute atomic E-state index is 12.5. The zero-order valence-corrected chi connectivity index (χ0v) is 12.6. The molecule has 0 spiro atoms. The van der Waals surface area contributed by atoms with Crippen LogP contribution in [0.5, 0.6) is 0 Å². The molecule has 0 N–H and O–H groups in total. The van der Waals surface area contributed by atoms with Gasteiger partial charge in [0.25, 0.3) is 5.91 Å². The average molecular weight is 279 g/mol. The highest BCUT2D eigenvalue weighted by Crippen LogP contribution is 2.25. The van der Waals surface area contributed by atoms with E-state index in [0.29, 0.717) is 17.5 Å². The van der Waals surface area contributed by atoms with Gasteiger partial charge in [0.2, 0.25) is 0 Å². The SMILES string of the molecule is CC(C)[C@H]1CCCN1C(=O)c1ccc([S@](C)=O)cc1. The molecule has 2 rings (SSSR count). The van der Waals surface area contributed by atoms with E-state index in [1.165, 1.54) is 0 Å². The lowest BCUT2D eigenvalue weighted by Crippen LogP contribution is -2.38. The standard InChI is InChI=1S/C15H21NO2S/c1-11(2)14-5-4-10-16(14)15(17)12-6-8-13(9-7-12)19(3)18/h6-9,11,14H,4-5,10H2,1-3H3/t14-,19+/m1/s1. The fourth-order valence-electron chi connectivity index (χ4n) is 2.69. The van der Waals surface area contributed by atoms with Gasteiger partial charge < -0.3 is 4.90 Å². The smallest absolute Gasteiger partial charge is 0.254 e. The summed E-state index contributed by atoms with van der Waals surface area (Å²) in [7, 11) is -0.992. The van der Waals surface area contributed by atoms with E-state index in [2.05, 4.69) is 13.8 Å². The third-order valence-corrected chi connectivity index (χ3v) is 4.70. The Morgan fingerprint density at radius 1 is 1.32 bits per heavy atom. The molecule has 3 nitrogen and oxygen atoms in total. The van der Waals surface area contributed by atoms with E-state index in [4.69, 9.17) is 0 Å². The number of rotatable bonds is 3. The summed E-state index contributed by atoms with van der Waals surface area (Å²) >= 11 is 0. The van der Waals surface area contributed by atoms with Gasteiger partial charge in [0, 0.05) is 40.1 Å². The maximum Gasteiger partial charge on any atom is 0.254 e. The molecule has 2 atom stereocenters. The Hall–Kier alpha value is -1.16. The Morgan fingerprint density at radius 2 is 1.95 bits per heavy atom. The predicted octanol–water partition coefficient (Wildman–Crippen LogP) is 2.68. The molecule has 0 radical (unpaired) electrons. The quantitative estimate of drug-likeness (QED) is 0.853. The Balaban J connectivity index is 2.17. The minimum Gasteiger partial charge on any atom is -0.335 e. The van der Waals surface area contributed by atoms with E-state index < -0.39 is 10.8 Å². The van der Waals surface area contributed by atoms with Crippen molar-refractivity contribution in [2.45, 2.75) is 37.6 Å². The molecule has 0 bridgehead atoms. The van der Waals surface area contributed by atoms with Crippen molar-refractivity contribution >= 4 is 16.7 Å². The van der Waals surface area contributed by atoms with Crippen molar-refractivity contribution in [3.05, 3.63) is 29.8 Å². The minimum absolute atomic E-state index is 0.102. The van der Waals surface area contributed by atoms with Gasteiger partial charge in [-0.2, -0.15) is 0 Å². The third kappa shape index (κ3) is 3.06. The van der Waals surface area contributed by atoms with Gasteiger partial charge >= 0.3 is 0 Å². The Morgan fingerprint density at radius 3 is 2.47 bits per heavy atom. The number of hydrogen-bond acceptors (Lipinski definition) is 2. The number of benzene rings is 1. The number of likely N-dealkylation sites (tertiary alicyclic amines) is 1. The lowest BCUT2D eigenvalue weighted by Gasteiger charge is -2.27. The first kappa shape index (κ1) is 14.3. The van der Waals surface area contributed by atoms with Crippen molar-refractivity contribution in [3.63, 3.8) is 0 Å². The summed E-state index contributed by atoms with van der Waals surface area (Å²) in [6.07, 6.45) is 3.83. The number of nitrogens with zero attached hydrogens (tertiary/aromatic N) is 1. The topological polar surface area (TPSA) is 37.4 Å². The molecule has 1 saturated heterocycles. The van der Waals surface area contributed by atoms with Crippen molar-refractivity contribution in [2.24, 2.45) is 5.92 Å². The van der Waals surface area contributed by atoms with E-state index in [0.717, 1.165) is 24.3 Å². The van der Waals surface area contributed by atoms with Gasteiger partial charge in [0.05, 0.1) is 0 Å². The van der Waals surface area contributed by atoms with Crippen LogP contribution in [0.15, 0.2) is 29.2 Å². The minimum atomic E-state index is -0.992. The van der Waals surface area contributed by atoms with Crippen LogP contribution in [0.25, 0.3) is 0 Å². The molecule has 1 fully saturated rings. The highest BCUT2D eigenvalue weighted by atomic mass is 32.2. The number of carbonyl (C=O) groups is 1. The van der Waals surface area contributed by atoms with Crippen molar-refractivity contribution in [1.29, 1.82) is 0 Å². The Bertz CT molecular complexity index is 481. The molecule has 0 saturated carbocycles. The van der Waals surface area contributed by atoms with Crippen LogP contribution in [-0.2, 0) is 10.8 Å². The number of carbonyl (C=O) groups excluding carboxylic acids is 1. The molecular formula is C15H21NO2S.